The Morgan fingerprint density at radius 1 is 1.60 bits per heavy atom. The monoisotopic (exact) mass is 212 g/mol. The van der Waals surface area contributed by atoms with E-state index in [1.807, 2.05) is 0 Å². The van der Waals surface area contributed by atoms with E-state index in [0.29, 0.717) is 0 Å². The third-order valence-corrected chi connectivity index (χ3v) is 1.70. The average Bonchev–Trinajstić information content (AvgIpc) is 2.67. The summed E-state index contributed by atoms with van der Waals surface area (Å²) in [6.45, 7) is 1.53. The molecule has 0 aromatic carbocycles. The number of rotatable bonds is 4. The Morgan fingerprint density at radius 3 is 2.80 bits per heavy atom. The highest BCUT2D eigenvalue weighted by atomic mass is 16.5. The van der Waals surface area contributed by atoms with Crippen LogP contribution < -0.4 is 5.32 Å². The molecule has 1 rings (SSSR count). The summed E-state index contributed by atoms with van der Waals surface area (Å²) in [5, 5.41) is 6.29. The number of hydrogen-bond acceptors (Lipinski definition) is 5. The van der Waals surface area contributed by atoms with Gasteiger partial charge in [-0.1, -0.05) is 0 Å². The molecule has 0 spiro atoms. The highest BCUT2D eigenvalue weighted by molar-refractivity contribution is 5.83. The van der Waals surface area contributed by atoms with Crippen LogP contribution in [0.25, 0.3) is 0 Å². The highest BCUT2D eigenvalue weighted by Gasteiger charge is 2.20. The van der Waals surface area contributed by atoms with Gasteiger partial charge in [0, 0.05) is 6.92 Å². The van der Waals surface area contributed by atoms with E-state index in [4.69, 9.17) is 0 Å². The Bertz CT molecular complexity index is 336. The molecule has 0 saturated heterocycles. The zero-order valence-electron chi connectivity index (χ0n) is 8.51. The minimum absolute atomic E-state index is 0.201. The van der Waals surface area contributed by atoms with Gasteiger partial charge in [0.05, 0.1) is 13.7 Å². The van der Waals surface area contributed by atoms with Crippen molar-refractivity contribution in [2.45, 2.75) is 19.5 Å². The van der Waals surface area contributed by atoms with E-state index in [9.17, 15) is 9.59 Å². The largest absolute Gasteiger partial charge is 0.467 e. The molecular formula is C8H12N4O3. The zero-order valence-corrected chi connectivity index (χ0v) is 8.51. The number of nitrogens with zero attached hydrogens (tertiary/aromatic N) is 3. The smallest absolute Gasteiger partial charge is 0.330 e. The lowest BCUT2D eigenvalue weighted by Gasteiger charge is -2.14. The van der Waals surface area contributed by atoms with Crippen molar-refractivity contribution in [3.63, 3.8) is 0 Å². The van der Waals surface area contributed by atoms with Gasteiger partial charge < -0.3 is 10.1 Å². The molecule has 0 radical (unpaired) electrons. The van der Waals surface area contributed by atoms with E-state index in [0.717, 1.165) is 0 Å². The van der Waals surface area contributed by atoms with E-state index in [1.165, 1.54) is 31.4 Å². The lowest BCUT2D eigenvalue weighted by atomic mass is 10.3. The molecule has 1 aromatic rings. The van der Waals surface area contributed by atoms with Gasteiger partial charge in [-0.05, 0) is 0 Å². The minimum Gasteiger partial charge on any atom is -0.467 e. The molecule has 0 saturated carbocycles. The number of ether oxygens (including phenoxy) is 1. The third kappa shape index (κ3) is 3.37. The molecule has 0 aliphatic heterocycles. The highest BCUT2D eigenvalue weighted by Crippen LogP contribution is 1.93. The quantitative estimate of drug-likeness (QED) is 0.644. The third-order valence-electron chi connectivity index (χ3n) is 1.70. The van der Waals surface area contributed by atoms with Crippen molar-refractivity contribution in [1.29, 1.82) is 0 Å². The van der Waals surface area contributed by atoms with Gasteiger partial charge in [-0.25, -0.2) is 9.78 Å². The maximum atomic E-state index is 11.3. The van der Waals surface area contributed by atoms with Crippen molar-refractivity contribution in [3.8, 4) is 0 Å². The number of amides is 1. The Kier molecular flexibility index (Phi) is 3.78. The number of nitrogens with one attached hydrogen (secondary N) is 1. The van der Waals surface area contributed by atoms with Crippen LogP contribution in [0, 0.1) is 0 Å². The number of aromatic nitrogens is 3. The molecule has 1 atom stereocenters. The van der Waals surface area contributed by atoms with E-state index in [-0.39, 0.29) is 12.5 Å². The Labute approximate surface area is 86.4 Å². The van der Waals surface area contributed by atoms with E-state index >= 15 is 0 Å². The minimum atomic E-state index is -0.741. The van der Waals surface area contributed by atoms with Crippen molar-refractivity contribution in [2.24, 2.45) is 0 Å². The molecule has 1 unspecified atom stereocenters. The van der Waals surface area contributed by atoms with Crippen LogP contribution in [0.3, 0.4) is 0 Å². The molecule has 7 heteroatoms. The van der Waals surface area contributed by atoms with Crippen LogP contribution in [0.1, 0.15) is 6.92 Å². The summed E-state index contributed by atoms with van der Waals surface area (Å²) in [6.07, 6.45) is 2.81. The van der Waals surface area contributed by atoms with Crippen molar-refractivity contribution in [1.82, 2.24) is 20.1 Å². The Hall–Kier alpha value is -1.92. The van der Waals surface area contributed by atoms with Crippen LogP contribution in [-0.4, -0.2) is 39.8 Å². The number of carbonyl (C=O) groups excluding carboxylic acids is 2. The lowest BCUT2D eigenvalue weighted by molar-refractivity contribution is -0.145. The first-order valence-corrected chi connectivity index (χ1v) is 4.31. The normalized spacial score (nSPS) is 11.9. The van der Waals surface area contributed by atoms with Gasteiger partial charge in [0.1, 0.15) is 18.7 Å². The second-order valence-electron chi connectivity index (χ2n) is 2.89. The van der Waals surface area contributed by atoms with Crippen LogP contribution in [0.4, 0.5) is 0 Å². The van der Waals surface area contributed by atoms with Gasteiger partial charge in [-0.15, -0.1) is 0 Å². The molecule has 1 amide bonds. The summed E-state index contributed by atoms with van der Waals surface area (Å²) in [5.41, 5.74) is 0. The predicted octanol–water partition coefficient (Wildman–Crippen LogP) is -1.04. The fraction of sp³-hybridized carbons (Fsp3) is 0.500. The number of hydrogen-bond donors (Lipinski definition) is 1. The summed E-state index contributed by atoms with van der Waals surface area (Å²) < 4.78 is 5.99. The first kappa shape index (κ1) is 11.2. The SMILES string of the molecule is COC(=O)C(Cn1cncn1)NC(C)=O. The van der Waals surface area contributed by atoms with E-state index < -0.39 is 12.0 Å². The van der Waals surface area contributed by atoms with E-state index in [2.05, 4.69) is 20.1 Å². The molecule has 1 heterocycles. The molecule has 1 aromatic heterocycles. The molecule has 0 aliphatic rings. The number of esters is 1. The van der Waals surface area contributed by atoms with Gasteiger partial charge in [0.25, 0.3) is 0 Å². The molecule has 0 fully saturated rings. The standard InChI is InChI=1S/C8H12N4O3/c1-6(13)11-7(8(14)15-2)3-12-5-9-4-10-12/h4-5,7H,3H2,1-2H3,(H,11,13). The van der Waals surface area contributed by atoms with Crippen molar-refractivity contribution in [2.75, 3.05) is 7.11 Å². The molecule has 0 aliphatic carbocycles. The van der Waals surface area contributed by atoms with Crippen LogP contribution >= 0.6 is 0 Å². The van der Waals surface area contributed by atoms with Gasteiger partial charge >= 0.3 is 5.97 Å². The maximum absolute atomic E-state index is 11.3. The maximum Gasteiger partial charge on any atom is 0.330 e. The van der Waals surface area contributed by atoms with Crippen molar-refractivity contribution >= 4 is 11.9 Å². The molecule has 7 nitrogen and oxygen atoms in total. The van der Waals surface area contributed by atoms with Gasteiger partial charge in [0.15, 0.2) is 0 Å². The van der Waals surface area contributed by atoms with Crippen LogP contribution in [0.5, 0.6) is 0 Å². The van der Waals surface area contributed by atoms with Gasteiger partial charge in [-0.3, -0.25) is 9.48 Å². The zero-order chi connectivity index (χ0) is 11.3. The second kappa shape index (κ2) is 5.08. The van der Waals surface area contributed by atoms with Crippen LogP contribution in [-0.2, 0) is 20.9 Å². The van der Waals surface area contributed by atoms with Crippen LogP contribution in [0.15, 0.2) is 12.7 Å². The van der Waals surface area contributed by atoms with Crippen molar-refractivity contribution < 1.29 is 14.3 Å². The summed E-state index contributed by atoms with van der Waals surface area (Å²) >= 11 is 0. The molecule has 1 N–H and O–H groups in total. The first-order valence-electron chi connectivity index (χ1n) is 4.31. The number of carbonyl (C=O) groups is 2. The Morgan fingerprint density at radius 2 is 2.33 bits per heavy atom. The second-order valence-corrected chi connectivity index (χ2v) is 2.89. The van der Waals surface area contributed by atoms with E-state index in [1.54, 1.807) is 0 Å². The molecule has 15 heavy (non-hydrogen) atoms. The fourth-order valence-electron chi connectivity index (χ4n) is 1.08. The predicted molar refractivity (Wildman–Crippen MR) is 49.6 cm³/mol. The topological polar surface area (TPSA) is 86.1 Å². The summed E-state index contributed by atoms with van der Waals surface area (Å²) in [5.74, 6) is -0.814. The first-order chi connectivity index (χ1) is 7.13. The fourth-order valence-corrected chi connectivity index (χ4v) is 1.08. The lowest BCUT2D eigenvalue weighted by Crippen LogP contribution is -2.43. The summed E-state index contributed by atoms with van der Waals surface area (Å²) in [7, 11) is 1.26. The van der Waals surface area contributed by atoms with Crippen molar-refractivity contribution in [3.05, 3.63) is 12.7 Å². The summed E-state index contributed by atoms with van der Waals surface area (Å²) in [4.78, 5) is 25.8. The van der Waals surface area contributed by atoms with Crippen LogP contribution in [0.2, 0.25) is 0 Å². The Balaban J connectivity index is 2.64. The van der Waals surface area contributed by atoms with Gasteiger partial charge in [-0.2, -0.15) is 5.10 Å². The average molecular weight is 212 g/mol. The summed E-state index contributed by atoms with van der Waals surface area (Å²) in [6, 6.07) is -0.741. The van der Waals surface area contributed by atoms with Gasteiger partial charge in [0.2, 0.25) is 5.91 Å². The molecule has 0 bridgehead atoms. The molecule has 82 valence electrons. The number of methoxy groups -OCH3 is 1. The molecular weight excluding hydrogens is 200 g/mol.